The number of H-pyrrole nitrogens is 2. The molecule has 7 heterocycles. The summed E-state index contributed by atoms with van der Waals surface area (Å²) >= 11 is 0. The topological polar surface area (TPSA) is 150 Å². The Balaban J connectivity index is 0.000000148. The number of carbonyl (C=O) groups excluding carboxylic acids is 4. The average molecular weight is 972 g/mol. The molecule has 4 amide bonds. The van der Waals surface area contributed by atoms with Crippen molar-refractivity contribution in [3.05, 3.63) is 288 Å². The van der Waals surface area contributed by atoms with E-state index in [9.17, 15) is 19.2 Å². The van der Waals surface area contributed by atoms with Crippen molar-refractivity contribution in [2.75, 3.05) is 0 Å². The maximum atomic E-state index is 10.9. The van der Waals surface area contributed by atoms with E-state index in [1.807, 2.05) is 164 Å². The molecule has 0 spiro atoms. The van der Waals surface area contributed by atoms with Crippen LogP contribution in [-0.4, -0.2) is 43.6 Å². The summed E-state index contributed by atoms with van der Waals surface area (Å²) in [7, 11) is 0. The van der Waals surface area contributed by atoms with Gasteiger partial charge in [-0.3, -0.25) is 29.8 Å². The van der Waals surface area contributed by atoms with E-state index >= 15 is 0 Å². The molecule has 4 aliphatic rings. The van der Waals surface area contributed by atoms with Crippen LogP contribution < -0.4 is 10.6 Å². The number of carbonyl (C=O) groups is 4. The molecule has 9 aromatic rings. The van der Waals surface area contributed by atoms with Crippen molar-refractivity contribution in [3.63, 3.8) is 0 Å². The van der Waals surface area contributed by atoms with Gasteiger partial charge in [-0.15, -0.1) is 0 Å². The first-order valence-corrected chi connectivity index (χ1v) is 21.9. The number of imide groups is 2. The Kier molecular flexibility index (Phi) is 19.8. The standard InChI is InChI=1S/C20H14N4.2C8H5NO2.4C6H5.Co/c1-2-14-10-16-5-6-18(23-16)12-20-8-7-19(24-20)11-17-4-3-15(22-17)9-13(1)21-14;2*10-7-5-2-1-3-6(4-5)8(11)9-7;4*1-2-4-6-5-3-1;/h1-12,21-22H;2*1-4H,(H,9,10,11);4*1-5H;/q;;;4*-1;. The molecule has 0 aliphatic carbocycles. The number of aromatic amines is 2. The van der Waals surface area contributed by atoms with E-state index in [1.54, 1.807) is 48.5 Å². The normalized spacial score (nSPS) is 11.5. The average Bonchev–Trinajstić information content (AvgIpc) is 4.27. The molecule has 0 saturated carbocycles. The minimum Gasteiger partial charge on any atom is -0.355 e. The number of fused-ring (bicyclic) bond motifs is 12. The molecular formula is C60H44CoN6O4-4. The van der Waals surface area contributed by atoms with E-state index in [4.69, 9.17) is 0 Å². The molecule has 4 N–H and O–H groups in total. The molecule has 3 aromatic heterocycles. The molecule has 0 fully saturated rings. The molecule has 10 nitrogen and oxygen atoms in total. The predicted octanol–water partition coefficient (Wildman–Crippen LogP) is 11.7. The third-order valence-corrected chi connectivity index (χ3v) is 9.70. The summed E-state index contributed by atoms with van der Waals surface area (Å²) in [4.78, 5) is 59.8. The van der Waals surface area contributed by atoms with E-state index in [0.717, 1.165) is 44.8 Å². The van der Waals surface area contributed by atoms with E-state index in [-0.39, 0.29) is 40.4 Å². The third kappa shape index (κ3) is 17.1. The van der Waals surface area contributed by atoms with Crippen LogP contribution in [0.15, 0.2) is 218 Å². The van der Waals surface area contributed by atoms with Gasteiger partial charge in [0.05, 0.1) is 22.8 Å². The van der Waals surface area contributed by atoms with E-state index in [2.05, 4.69) is 85.2 Å². The van der Waals surface area contributed by atoms with Gasteiger partial charge in [0.15, 0.2) is 0 Å². The van der Waals surface area contributed by atoms with Crippen LogP contribution in [-0.2, 0) is 16.8 Å². The van der Waals surface area contributed by atoms with Crippen LogP contribution in [0.4, 0.5) is 0 Å². The Morgan fingerprint density at radius 1 is 0.296 bits per heavy atom. The largest absolute Gasteiger partial charge is 0.355 e. The quantitative estimate of drug-likeness (QED) is 0.0878. The van der Waals surface area contributed by atoms with Gasteiger partial charge in [0.25, 0.3) is 23.6 Å². The van der Waals surface area contributed by atoms with Crippen molar-refractivity contribution in [2.24, 2.45) is 0 Å². The van der Waals surface area contributed by atoms with Crippen molar-refractivity contribution in [1.29, 1.82) is 0 Å². The fourth-order valence-electron chi connectivity index (χ4n) is 6.41. The zero-order valence-corrected chi connectivity index (χ0v) is 39.0. The van der Waals surface area contributed by atoms with Gasteiger partial charge < -0.3 is 9.97 Å². The number of nitrogens with one attached hydrogen (secondary N) is 4. The maximum absolute atomic E-state index is 10.9. The summed E-state index contributed by atoms with van der Waals surface area (Å²) in [6, 6.07) is 79.7. The van der Waals surface area contributed by atoms with E-state index in [0.29, 0.717) is 22.3 Å². The second-order valence-electron chi connectivity index (χ2n) is 14.9. The molecule has 1 radical (unpaired) electrons. The molecule has 0 unspecified atom stereocenters. The fraction of sp³-hybridized carbons (Fsp3) is 0. The summed E-state index contributed by atoms with van der Waals surface area (Å²) in [6.07, 6.45) is 8.05. The van der Waals surface area contributed by atoms with Gasteiger partial charge in [0, 0.05) is 61.1 Å². The van der Waals surface area contributed by atoms with Gasteiger partial charge in [-0.1, -0.05) is 12.1 Å². The molecule has 13 rings (SSSR count). The first kappa shape index (κ1) is 51.1. The number of hydrogen-bond acceptors (Lipinski definition) is 6. The molecule has 0 atom stereocenters. The van der Waals surface area contributed by atoms with E-state index < -0.39 is 0 Å². The Morgan fingerprint density at radius 3 is 0.817 bits per heavy atom. The van der Waals surface area contributed by atoms with Crippen molar-refractivity contribution in [2.45, 2.75) is 0 Å². The first-order valence-electron chi connectivity index (χ1n) is 21.9. The van der Waals surface area contributed by atoms with Crippen LogP contribution in [0, 0.1) is 24.3 Å². The van der Waals surface area contributed by atoms with Crippen LogP contribution in [0.1, 0.15) is 64.2 Å². The molecule has 0 saturated heterocycles. The molecule has 12 bridgehead atoms. The summed E-state index contributed by atoms with van der Waals surface area (Å²) in [5, 5.41) is 4.43. The minimum absolute atomic E-state index is 0. The van der Waals surface area contributed by atoms with Crippen LogP contribution in [0.5, 0.6) is 0 Å². The number of benzene rings is 6. The Labute approximate surface area is 422 Å². The third-order valence-electron chi connectivity index (χ3n) is 9.70. The van der Waals surface area contributed by atoms with Crippen LogP contribution in [0.2, 0.25) is 0 Å². The SMILES string of the molecule is C1=Cc2cc3ccc(cc4ccc(cc5nc(cc1n2)C=C5)[nH]4)[nH]3.O=C1NC(=O)c2cccc1c2.O=C1NC(=O)c2cccc1c2.[Co].[c-]1ccccc1.[c-]1ccccc1.[c-]1ccccc1.[c-]1ccccc1. The number of nitrogens with zero attached hydrogens (tertiary/aromatic N) is 2. The molecule has 4 aliphatic heterocycles. The molecular weight excluding hydrogens is 928 g/mol. The van der Waals surface area contributed by atoms with Crippen molar-refractivity contribution in [3.8, 4) is 0 Å². The summed E-state index contributed by atoms with van der Waals surface area (Å²) in [5.41, 5.74) is 10.0. The van der Waals surface area contributed by atoms with Gasteiger partial charge in [-0.05, 0) is 109 Å². The zero-order valence-electron chi connectivity index (χ0n) is 38.0. The number of amides is 4. The number of aromatic nitrogens is 4. The fourth-order valence-corrected chi connectivity index (χ4v) is 6.41. The van der Waals surface area contributed by atoms with Gasteiger partial charge in [0.1, 0.15) is 0 Å². The predicted molar refractivity (Wildman–Crippen MR) is 276 cm³/mol. The summed E-state index contributed by atoms with van der Waals surface area (Å²) < 4.78 is 0. The van der Waals surface area contributed by atoms with E-state index in [1.165, 1.54) is 0 Å². The maximum Gasteiger partial charge on any atom is 0.258 e. The summed E-state index contributed by atoms with van der Waals surface area (Å²) in [6.45, 7) is 0. The Morgan fingerprint density at radius 2 is 0.563 bits per heavy atom. The van der Waals surface area contributed by atoms with Crippen molar-refractivity contribution < 1.29 is 36.0 Å². The van der Waals surface area contributed by atoms with Crippen molar-refractivity contribution >= 4 is 70.0 Å². The summed E-state index contributed by atoms with van der Waals surface area (Å²) in [5.74, 6) is -1.27. The van der Waals surface area contributed by atoms with Gasteiger partial charge in [0.2, 0.25) is 0 Å². The molecule has 6 aromatic carbocycles. The molecule has 351 valence electrons. The monoisotopic (exact) mass is 971 g/mol. The van der Waals surface area contributed by atoms with Crippen LogP contribution in [0.25, 0.3) is 46.4 Å². The Bertz CT molecular complexity index is 2910. The smallest absolute Gasteiger partial charge is 0.258 e. The molecule has 11 heteroatoms. The number of rotatable bonds is 0. The Hall–Kier alpha value is -9.29. The molecule has 71 heavy (non-hydrogen) atoms. The number of hydrogen-bond donors (Lipinski definition) is 4. The second-order valence-corrected chi connectivity index (χ2v) is 14.9. The van der Waals surface area contributed by atoms with Gasteiger partial charge in [-0.25, -0.2) is 9.97 Å². The van der Waals surface area contributed by atoms with Gasteiger partial charge >= 0.3 is 0 Å². The first-order chi connectivity index (χ1) is 34.3. The second kappa shape index (κ2) is 27.5. The van der Waals surface area contributed by atoms with Gasteiger partial charge in [-0.2, -0.15) is 146 Å². The van der Waals surface area contributed by atoms with Crippen LogP contribution >= 0.6 is 0 Å². The minimum atomic E-state index is -0.317. The van der Waals surface area contributed by atoms with Crippen LogP contribution in [0.3, 0.4) is 0 Å². The van der Waals surface area contributed by atoms with Crippen molar-refractivity contribution in [1.82, 2.24) is 30.6 Å². The zero-order chi connectivity index (χ0) is 48.6.